The summed E-state index contributed by atoms with van der Waals surface area (Å²) < 4.78 is 12.4. The summed E-state index contributed by atoms with van der Waals surface area (Å²) in [5, 5.41) is 3.59. The molecule has 0 saturated carbocycles. The van der Waals surface area contributed by atoms with Crippen molar-refractivity contribution in [2.24, 2.45) is 11.7 Å². The number of imidazole rings is 1. The molecule has 7 heteroatoms. The summed E-state index contributed by atoms with van der Waals surface area (Å²) in [5.74, 6) is 0.997. The third-order valence-electron chi connectivity index (χ3n) is 3.53. The molecule has 1 saturated heterocycles. The Morgan fingerprint density at radius 3 is 3.21 bits per heavy atom. The Kier molecular flexibility index (Phi) is 3.56. The predicted molar refractivity (Wildman–Crippen MR) is 66.1 cm³/mol. The van der Waals surface area contributed by atoms with Crippen LogP contribution in [0.25, 0.3) is 0 Å². The summed E-state index contributed by atoms with van der Waals surface area (Å²) in [7, 11) is 0. The zero-order valence-electron chi connectivity index (χ0n) is 10.6. The van der Waals surface area contributed by atoms with Crippen LogP contribution in [0.5, 0.6) is 0 Å². The molecular formula is C12H17N5O2. The maximum Gasteiger partial charge on any atom is 0.228 e. The van der Waals surface area contributed by atoms with Crippen molar-refractivity contribution in [1.82, 2.24) is 19.7 Å². The first-order chi connectivity index (χ1) is 9.34. The van der Waals surface area contributed by atoms with E-state index in [1.54, 1.807) is 6.33 Å². The average molecular weight is 263 g/mol. The second-order valence-corrected chi connectivity index (χ2v) is 4.75. The molecule has 19 heavy (non-hydrogen) atoms. The fraction of sp³-hybridized carbons (Fsp3) is 0.583. The zero-order valence-corrected chi connectivity index (χ0v) is 10.6. The van der Waals surface area contributed by atoms with Gasteiger partial charge >= 0.3 is 0 Å². The topological polar surface area (TPSA) is 92.0 Å². The third kappa shape index (κ3) is 2.66. The molecule has 7 nitrogen and oxygen atoms in total. The van der Waals surface area contributed by atoms with Crippen LogP contribution in [0, 0.1) is 5.92 Å². The summed E-state index contributed by atoms with van der Waals surface area (Å²) in [6.45, 7) is 2.27. The lowest BCUT2D eigenvalue weighted by atomic mass is 9.97. The normalized spacial score (nSPS) is 20.8. The van der Waals surface area contributed by atoms with Crippen LogP contribution in [0.3, 0.4) is 0 Å². The number of hydrogen-bond acceptors (Lipinski definition) is 6. The molecule has 1 aliphatic heterocycles. The van der Waals surface area contributed by atoms with Crippen molar-refractivity contribution in [2.45, 2.75) is 25.4 Å². The van der Waals surface area contributed by atoms with Gasteiger partial charge in [-0.15, -0.1) is 0 Å². The minimum absolute atomic E-state index is 0.0346. The molecule has 1 fully saturated rings. The Morgan fingerprint density at radius 2 is 2.47 bits per heavy atom. The smallest absolute Gasteiger partial charge is 0.228 e. The lowest BCUT2D eigenvalue weighted by Crippen LogP contribution is -2.24. The summed E-state index contributed by atoms with van der Waals surface area (Å²) >= 11 is 0. The summed E-state index contributed by atoms with van der Waals surface area (Å²) in [6.07, 6.45) is 6.72. The molecule has 1 aliphatic rings. The number of nitrogens with two attached hydrogens (primary N) is 1. The minimum Gasteiger partial charge on any atom is -0.381 e. The molecule has 2 aromatic rings. The first-order valence-electron chi connectivity index (χ1n) is 6.43. The van der Waals surface area contributed by atoms with Crippen molar-refractivity contribution in [1.29, 1.82) is 0 Å². The fourth-order valence-electron chi connectivity index (χ4n) is 2.40. The van der Waals surface area contributed by atoms with Gasteiger partial charge in [-0.25, -0.2) is 4.98 Å². The number of aromatic nitrogens is 4. The molecular weight excluding hydrogens is 246 g/mol. The third-order valence-corrected chi connectivity index (χ3v) is 3.53. The molecule has 2 aromatic heterocycles. The van der Waals surface area contributed by atoms with Crippen LogP contribution >= 0.6 is 0 Å². The van der Waals surface area contributed by atoms with Crippen LogP contribution in [0.15, 0.2) is 23.4 Å². The first kappa shape index (κ1) is 12.3. The van der Waals surface area contributed by atoms with Gasteiger partial charge in [0.15, 0.2) is 6.33 Å². The van der Waals surface area contributed by atoms with Crippen LogP contribution in [-0.2, 0) is 17.7 Å². The Labute approximate surface area is 110 Å². The lowest BCUT2D eigenvalue weighted by Gasteiger charge is -2.19. The van der Waals surface area contributed by atoms with Gasteiger partial charge in [0.1, 0.15) is 0 Å². The van der Waals surface area contributed by atoms with Crippen LogP contribution in [0.4, 0.5) is 0 Å². The molecule has 102 valence electrons. The van der Waals surface area contributed by atoms with Gasteiger partial charge < -0.3 is 19.6 Å². The van der Waals surface area contributed by atoms with Crippen molar-refractivity contribution in [3.8, 4) is 0 Å². The van der Waals surface area contributed by atoms with Crippen LogP contribution in [0.1, 0.15) is 24.0 Å². The standard InChI is InChI=1S/C12H17N5O2/c13-12(9-2-4-18-6-9)10-5-14-8-17(10)3-1-11-15-7-16-19-11/h5,7-9,12H,1-4,6,13H2. The number of ether oxygens (including phenoxy) is 1. The van der Waals surface area contributed by atoms with Crippen LogP contribution in [0.2, 0.25) is 0 Å². The van der Waals surface area contributed by atoms with E-state index in [2.05, 4.69) is 15.1 Å². The van der Waals surface area contributed by atoms with Gasteiger partial charge in [0.2, 0.25) is 5.89 Å². The monoisotopic (exact) mass is 263 g/mol. The van der Waals surface area contributed by atoms with E-state index in [4.69, 9.17) is 15.0 Å². The Hall–Kier alpha value is -1.73. The van der Waals surface area contributed by atoms with Gasteiger partial charge in [0, 0.05) is 31.7 Å². The molecule has 0 radical (unpaired) electrons. The van der Waals surface area contributed by atoms with E-state index < -0.39 is 0 Å². The van der Waals surface area contributed by atoms with Crippen molar-refractivity contribution in [3.63, 3.8) is 0 Å². The van der Waals surface area contributed by atoms with E-state index >= 15 is 0 Å². The summed E-state index contributed by atoms with van der Waals surface area (Å²) in [5.41, 5.74) is 7.34. The number of nitrogens with zero attached hydrogens (tertiary/aromatic N) is 4. The van der Waals surface area contributed by atoms with Gasteiger partial charge in [0.25, 0.3) is 0 Å². The highest BCUT2D eigenvalue weighted by Crippen LogP contribution is 2.26. The van der Waals surface area contributed by atoms with E-state index in [1.807, 2.05) is 10.8 Å². The number of hydrogen-bond donors (Lipinski definition) is 1. The zero-order chi connectivity index (χ0) is 13.1. The fourth-order valence-corrected chi connectivity index (χ4v) is 2.40. The predicted octanol–water partition coefficient (Wildman–Crippen LogP) is 0.545. The van der Waals surface area contributed by atoms with E-state index in [1.165, 1.54) is 6.33 Å². The Morgan fingerprint density at radius 1 is 1.53 bits per heavy atom. The maximum absolute atomic E-state index is 6.30. The summed E-state index contributed by atoms with van der Waals surface area (Å²) in [4.78, 5) is 8.19. The minimum atomic E-state index is -0.0346. The summed E-state index contributed by atoms with van der Waals surface area (Å²) in [6, 6.07) is -0.0346. The highest BCUT2D eigenvalue weighted by Gasteiger charge is 2.26. The molecule has 2 N–H and O–H groups in total. The number of aryl methyl sites for hydroxylation is 2. The quantitative estimate of drug-likeness (QED) is 0.846. The highest BCUT2D eigenvalue weighted by molar-refractivity contribution is 5.07. The first-order valence-corrected chi connectivity index (χ1v) is 6.43. The SMILES string of the molecule is NC(c1cncn1CCc1ncno1)C1CCOC1. The van der Waals surface area contributed by atoms with Gasteiger partial charge in [-0.2, -0.15) is 4.98 Å². The second-order valence-electron chi connectivity index (χ2n) is 4.75. The maximum atomic E-state index is 6.30. The van der Waals surface area contributed by atoms with E-state index in [-0.39, 0.29) is 6.04 Å². The van der Waals surface area contributed by atoms with Crippen molar-refractivity contribution < 1.29 is 9.26 Å². The van der Waals surface area contributed by atoms with Gasteiger partial charge in [-0.3, -0.25) is 0 Å². The lowest BCUT2D eigenvalue weighted by molar-refractivity contribution is 0.180. The molecule has 0 aromatic carbocycles. The molecule has 0 spiro atoms. The van der Waals surface area contributed by atoms with Gasteiger partial charge in [0.05, 0.1) is 24.7 Å². The molecule has 3 rings (SSSR count). The molecule has 2 atom stereocenters. The van der Waals surface area contributed by atoms with E-state index in [0.29, 0.717) is 18.2 Å². The molecule has 0 bridgehead atoms. The van der Waals surface area contributed by atoms with Crippen molar-refractivity contribution in [3.05, 3.63) is 30.4 Å². The molecule has 3 heterocycles. The average Bonchev–Trinajstić information content (AvgIpc) is 3.16. The highest BCUT2D eigenvalue weighted by atomic mass is 16.5. The second kappa shape index (κ2) is 5.50. The van der Waals surface area contributed by atoms with Crippen LogP contribution < -0.4 is 5.73 Å². The van der Waals surface area contributed by atoms with Crippen molar-refractivity contribution in [2.75, 3.05) is 13.2 Å². The van der Waals surface area contributed by atoms with E-state index in [9.17, 15) is 0 Å². The van der Waals surface area contributed by atoms with Crippen molar-refractivity contribution >= 4 is 0 Å². The number of rotatable bonds is 5. The molecule has 0 aliphatic carbocycles. The van der Waals surface area contributed by atoms with E-state index in [0.717, 1.165) is 31.9 Å². The Balaban J connectivity index is 1.67. The van der Waals surface area contributed by atoms with Gasteiger partial charge in [-0.1, -0.05) is 5.16 Å². The largest absolute Gasteiger partial charge is 0.381 e. The van der Waals surface area contributed by atoms with Crippen LogP contribution in [-0.4, -0.2) is 32.9 Å². The molecule has 0 amide bonds. The Bertz CT molecular complexity index is 504. The van der Waals surface area contributed by atoms with Gasteiger partial charge in [-0.05, 0) is 6.42 Å². The molecule has 2 unspecified atom stereocenters.